The molecule has 2 rings (SSSR count). The van der Waals surface area contributed by atoms with E-state index in [0.717, 1.165) is 17.1 Å². The molecule has 0 amide bonds. The molecule has 0 saturated carbocycles. The molecular formula is C8H11N5S. The Labute approximate surface area is 85.7 Å². The van der Waals surface area contributed by atoms with Crippen molar-refractivity contribution in [2.45, 2.75) is 6.54 Å². The standard InChI is InChI=1S/C8H11N5S/c1-13-5-6(4-11-13)3-10-8-2-7(9)12-14-8/h2,4-5,10H,3H2,1H3,(H2,9,12). The van der Waals surface area contributed by atoms with E-state index in [2.05, 4.69) is 14.8 Å². The summed E-state index contributed by atoms with van der Waals surface area (Å²) in [6.45, 7) is 0.746. The van der Waals surface area contributed by atoms with Crippen molar-refractivity contribution in [3.8, 4) is 0 Å². The van der Waals surface area contributed by atoms with Crippen molar-refractivity contribution in [3.05, 3.63) is 24.0 Å². The summed E-state index contributed by atoms with van der Waals surface area (Å²) < 4.78 is 5.75. The minimum absolute atomic E-state index is 0.559. The molecule has 5 nitrogen and oxygen atoms in total. The van der Waals surface area contributed by atoms with Crippen molar-refractivity contribution in [2.24, 2.45) is 7.05 Å². The molecule has 0 aliphatic heterocycles. The van der Waals surface area contributed by atoms with Crippen LogP contribution in [0.4, 0.5) is 10.8 Å². The molecule has 0 atom stereocenters. The van der Waals surface area contributed by atoms with Gasteiger partial charge in [0, 0.05) is 31.4 Å². The number of rotatable bonds is 3. The van der Waals surface area contributed by atoms with Gasteiger partial charge >= 0.3 is 0 Å². The summed E-state index contributed by atoms with van der Waals surface area (Å²) in [6, 6.07) is 1.82. The fourth-order valence-electron chi connectivity index (χ4n) is 1.12. The zero-order valence-electron chi connectivity index (χ0n) is 7.77. The topological polar surface area (TPSA) is 68.8 Å². The highest BCUT2D eigenvalue weighted by Gasteiger charge is 1.99. The van der Waals surface area contributed by atoms with Crippen LogP contribution in [-0.4, -0.2) is 14.2 Å². The summed E-state index contributed by atoms with van der Waals surface area (Å²) in [5.74, 6) is 0.559. The van der Waals surface area contributed by atoms with Crippen LogP contribution < -0.4 is 11.1 Å². The van der Waals surface area contributed by atoms with Crippen molar-refractivity contribution in [3.63, 3.8) is 0 Å². The molecule has 0 bridgehead atoms. The first kappa shape index (κ1) is 9.01. The maximum Gasteiger partial charge on any atom is 0.139 e. The van der Waals surface area contributed by atoms with Gasteiger partial charge in [0.25, 0.3) is 0 Å². The van der Waals surface area contributed by atoms with Gasteiger partial charge in [-0.3, -0.25) is 4.68 Å². The van der Waals surface area contributed by atoms with Gasteiger partial charge in [-0.15, -0.1) is 0 Å². The summed E-state index contributed by atoms with van der Waals surface area (Å²) >= 11 is 1.36. The second kappa shape index (κ2) is 3.67. The SMILES string of the molecule is Cn1cc(CNc2cc(N)ns2)cn1. The van der Waals surface area contributed by atoms with Gasteiger partial charge in [0.1, 0.15) is 10.8 Å². The second-order valence-corrected chi connectivity index (χ2v) is 3.80. The average Bonchev–Trinajstić information content (AvgIpc) is 2.72. The maximum atomic E-state index is 5.49. The smallest absolute Gasteiger partial charge is 0.139 e. The van der Waals surface area contributed by atoms with Crippen LogP contribution in [0.25, 0.3) is 0 Å². The minimum atomic E-state index is 0.559. The first-order valence-corrected chi connectivity index (χ1v) is 4.95. The fourth-order valence-corrected chi connectivity index (χ4v) is 1.69. The zero-order chi connectivity index (χ0) is 9.97. The van der Waals surface area contributed by atoms with Crippen LogP contribution in [0, 0.1) is 0 Å². The Morgan fingerprint density at radius 2 is 2.50 bits per heavy atom. The van der Waals surface area contributed by atoms with Gasteiger partial charge < -0.3 is 11.1 Å². The predicted octanol–water partition coefficient (Wildman–Crippen LogP) is 1.07. The van der Waals surface area contributed by atoms with Crippen molar-refractivity contribution in [2.75, 3.05) is 11.1 Å². The van der Waals surface area contributed by atoms with Crippen molar-refractivity contribution in [1.82, 2.24) is 14.2 Å². The average molecular weight is 209 g/mol. The molecule has 6 heteroatoms. The lowest BCUT2D eigenvalue weighted by molar-refractivity contribution is 0.767. The fraction of sp³-hybridized carbons (Fsp3) is 0.250. The van der Waals surface area contributed by atoms with E-state index in [-0.39, 0.29) is 0 Å². The minimum Gasteiger partial charge on any atom is -0.383 e. The number of nitrogens with two attached hydrogens (primary N) is 1. The maximum absolute atomic E-state index is 5.49. The lowest BCUT2D eigenvalue weighted by Gasteiger charge is -1.98. The van der Waals surface area contributed by atoms with Gasteiger partial charge in [0.05, 0.1) is 6.20 Å². The Kier molecular flexibility index (Phi) is 2.36. The van der Waals surface area contributed by atoms with Crippen molar-refractivity contribution >= 4 is 22.4 Å². The van der Waals surface area contributed by atoms with Crippen LogP contribution >= 0.6 is 11.5 Å². The quantitative estimate of drug-likeness (QED) is 0.793. The third-order valence-corrected chi connectivity index (χ3v) is 2.51. The highest BCUT2D eigenvalue weighted by atomic mass is 32.1. The van der Waals surface area contributed by atoms with Gasteiger partial charge in [-0.1, -0.05) is 0 Å². The normalized spacial score (nSPS) is 10.4. The lowest BCUT2D eigenvalue weighted by atomic mass is 10.3. The largest absolute Gasteiger partial charge is 0.383 e. The number of hydrogen-bond acceptors (Lipinski definition) is 5. The molecule has 2 aromatic heterocycles. The van der Waals surface area contributed by atoms with E-state index in [1.54, 1.807) is 4.68 Å². The molecular weight excluding hydrogens is 198 g/mol. The third kappa shape index (κ3) is 2.02. The molecule has 0 aromatic carbocycles. The van der Waals surface area contributed by atoms with Gasteiger partial charge in [0.15, 0.2) is 0 Å². The number of aromatic nitrogens is 3. The monoisotopic (exact) mass is 209 g/mol. The number of hydrogen-bond donors (Lipinski definition) is 2. The number of nitrogen functional groups attached to an aromatic ring is 1. The summed E-state index contributed by atoms with van der Waals surface area (Å²) in [5.41, 5.74) is 6.63. The van der Waals surface area contributed by atoms with Crippen LogP contribution in [0.3, 0.4) is 0 Å². The first-order valence-electron chi connectivity index (χ1n) is 4.17. The van der Waals surface area contributed by atoms with Crippen LogP contribution in [0.15, 0.2) is 18.5 Å². The van der Waals surface area contributed by atoms with Crippen molar-refractivity contribution in [1.29, 1.82) is 0 Å². The van der Waals surface area contributed by atoms with Crippen molar-refractivity contribution < 1.29 is 0 Å². The molecule has 2 heterocycles. The summed E-state index contributed by atoms with van der Waals surface area (Å²) in [4.78, 5) is 0. The van der Waals surface area contributed by atoms with E-state index >= 15 is 0 Å². The molecule has 0 saturated heterocycles. The number of anilines is 2. The molecule has 0 spiro atoms. The van der Waals surface area contributed by atoms with Gasteiger partial charge in [0.2, 0.25) is 0 Å². The van der Waals surface area contributed by atoms with E-state index < -0.39 is 0 Å². The zero-order valence-corrected chi connectivity index (χ0v) is 8.58. The summed E-state index contributed by atoms with van der Waals surface area (Å²) in [7, 11) is 1.90. The second-order valence-electron chi connectivity index (χ2n) is 2.99. The van der Waals surface area contributed by atoms with E-state index in [1.165, 1.54) is 11.5 Å². The van der Waals surface area contributed by atoms with Crippen LogP contribution in [-0.2, 0) is 13.6 Å². The Balaban J connectivity index is 1.94. The van der Waals surface area contributed by atoms with Crippen LogP contribution in [0.2, 0.25) is 0 Å². The Morgan fingerprint density at radius 1 is 1.64 bits per heavy atom. The van der Waals surface area contributed by atoms with E-state index in [0.29, 0.717) is 5.82 Å². The molecule has 0 aliphatic carbocycles. The van der Waals surface area contributed by atoms with E-state index in [9.17, 15) is 0 Å². The highest BCUT2D eigenvalue weighted by molar-refractivity contribution is 7.10. The molecule has 14 heavy (non-hydrogen) atoms. The molecule has 74 valence electrons. The summed E-state index contributed by atoms with van der Waals surface area (Å²) in [5, 5.41) is 8.27. The Hall–Kier alpha value is -1.56. The predicted molar refractivity (Wildman–Crippen MR) is 57.1 cm³/mol. The number of nitrogens with one attached hydrogen (secondary N) is 1. The molecule has 0 radical (unpaired) electrons. The van der Waals surface area contributed by atoms with Gasteiger partial charge in [-0.25, -0.2) is 0 Å². The van der Waals surface area contributed by atoms with Gasteiger partial charge in [-0.2, -0.15) is 9.47 Å². The number of aryl methyl sites for hydroxylation is 1. The van der Waals surface area contributed by atoms with E-state index in [1.807, 2.05) is 25.5 Å². The van der Waals surface area contributed by atoms with Crippen LogP contribution in [0.5, 0.6) is 0 Å². The molecule has 0 fully saturated rings. The first-order chi connectivity index (χ1) is 6.74. The molecule has 3 N–H and O–H groups in total. The van der Waals surface area contributed by atoms with E-state index in [4.69, 9.17) is 5.73 Å². The number of nitrogens with zero attached hydrogens (tertiary/aromatic N) is 3. The molecule has 2 aromatic rings. The lowest BCUT2D eigenvalue weighted by Crippen LogP contribution is -1.96. The molecule has 0 unspecified atom stereocenters. The Bertz CT molecular complexity index is 379. The Morgan fingerprint density at radius 3 is 3.07 bits per heavy atom. The highest BCUT2D eigenvalue weighted by Crippen LogP contribution is 2.17. The molecule has 0 aliphatic rings. The third-order valence-electron chi connectivity index (χ3n) is 1.75. The van der Waals surface area contributed by atoms with Crippen LogP contribution in [0.1, 0.15) is 5.56 Å². The summed E-state index contributed by atoms with van der Waals surface area (Å²) in [6.07, 6.45) is 3.80. The van der Waals surface area contributed by atoms with Gasteiger partial charge in [-0.05, 0) is 11.5 Å².